The molecule has 0 bridgehead atoms. The lowest BCUT2D eigenvalue weighted by molar-refractivity contribution is -0.122. The molecule has 26 heavy (non-hydrogen) atoms. The molecule has 2 aliphatic heterocycles. The van der Waals surface area contributed by atoms with Crippen molar-refractivity contribution in [2.24, 2.45) is 7.05 Å². The lowest BCUT2D eigenvalue weighted by Crippen LogP contribution is -2.44. The summed E-state index contributed by atoms with van der Waals surface area (Å²) in [5.41, 5.74) is 3.56. The van der Waals surface area contributed by atoms with Crippen LogP contribution >= 0.6 is 0 Å². The topological polar surface area (TPSA) is 50.6 Å². The molecular formula is C20H26N4O2. The van der Waals surface area contributed by atoms with Gasteiger partial charge in [-0.25, -0.2) is 0 Å². The van der Waals surface area contributed by atoms with Gasteiger partial charge in [0.2, 0.25) is 5.91 Å². The molecule has 0 N–H and O–H groups in total. The maximum Gasteiger partial charge on any atom is 0.244 e. The van der Waals surface area contributed by atoms with Crippen LogP contribution in [0.1, 0.15) is 30.9 Å². The summed E-state index contributed by atoms with van der Waals surface area (Å²) >= 11 is 0. The summed E-state index contributed by atoms with van der Waals surface area (Å²) in [6.07, 6.45) is 6.53. The molecule has 6 heteroatoms. The number of fused-ring (bicyclic) bond motifs is 1. The molecule has 138 valence electrons. The van der Waals surface area contributed by atoms with Crippen LogP contribution in [0.5, 0.6) is 5.75 Å². The first-order valence-electron chi connectivity index (χ1n) is 9.44. The van der Waals surface area contributed by atoms with Gasteiger partial charge in [0, 0.05) is 32.9 Å². The van der Waals surface area contributed by atoms with E-state index in [0.717, 1.165) is 56.9 Å². The average molecular weight is 354 g/mol. The number of hydrogen-bond donors (Lipinski definition) is 0. The Balaban J connectivity index is 1.45. The first-order chi connectivity index (χ1) is 12.7. The van der Waals surface area contributed by atoms with E-state index in [0.29, 0.717) is 0 Å². The number of ether oxygens (including phenoxy) is 1. The molecule has 0 saturated carbocycles. The van der Waals surface area contributed by atoms with E-state index in [1.165, 1.54) is 11.1 Å². The van der Waals surface area contributed by atoms with E-state index in [1.54, 1.807) is 10.9 Å². The standard InChI is InChI=1S/C20H26N4O2/c1-3-10-26-18-5-4-16-13-23(8-6-15(16)11-18)19-7-9-24(20(19)25)17-12-21-22(2)14-17/h4-5,11-12,14,19H,3,6-10,13H2,1-2H3. The summed E-state index contributed by atoms with van der Waals surface area (Å²) in [5.74, 6) is 1.16. The number of benzene rings is 1. The molecule has 1 aromatic carbocycles. The van der Waals surface area contributed by atoms with Crippen LogP contribution in [0, 0.1) is 0 Å². The SMILES string of the molecule is CCCOc1ccc2c(c1)CCN(C1CCN(c3cnn(C)c3)C1=O)C2. The Bertz CT molecular complexity index is 801. The van der Waals surface area contributed by atoms with E-state index in [2.05, 4.69) is 35.1 Å². The lowest BCUT2D eigenvalue weighted by Gasteiger charge is -2.32. The van der Waals surface area contributed by atoms with Crippen molar-refractivity contribution >= 4 is 11.6 Å². The Morgan fingerprint density at radius 2 is 2.15 bits per heavy atom. The third-order valence-electron chi connectivity index (χ3n) is 5.31. The second-order valence-corrected chi connectivity index (χ2v) is 7.17. The predicted octanol–water partition coefficient (Wildman–Crippen LogP) is 2.37. The number of rotatable bonds is 5. The molecule has 0 radical (unpaired) electrons. The van der Waals surface area contributed by atoms with Gasteiger partial charge >= 0.3 is 0 Å². The van der Waals surface area contributed by atoms with Crippen molar-refractivity contribution in [2.75, 3.05) is 24.6 Å². The number of carbonyl (C=O) groups is 1. The van der Waals surface area contributed by atoms with Gasteiger partial charge in [-0.1, -0.05) is 13.0 Å². The highest BCUT2D eigenvalue weighted by molar-refractivity contribution is 5.99. The van der Waals surface area contributed by atoms with Crippen LogP contribution in [0.25, 0.3) is 0 Å². The molecular weight excluding hydrogens is 328 g/mol. The first-order valence-corrected chi connectivity index (χ1v) is 9.44. The van der Waals surface area contributed by atoms with Crippen LogP contribution in [0.3, 0.4) is 0 Å². The summed E-state index contributed by atoms with van der Waals surface area (Å²) < 4.78 is 7.49. The van der Waals surface area contributed by atoms with Gasteiger partial charge in [-0.3, -0.25) is 14.4 Å². The number of nitrogens with zero attached hydrogens (tertiary/aromatic N) is 4. The van der Waals surface area contributed by atoms with Crippen molar-refractivity contribution in [1.29, 1.82) is 0 Å². The Labute approximate surface area is 154 Å². The molecule has 3 heterocycles. The fourth-order valence-electron chi connectivity index (χ4n) is 3.93. The monoisotopic (exact) mass is 354 g/mol. The molecule has 2 aliphatic rings. The third kappa shape index (κ3) is 3.21. The van der Waals surface area contributed by atoms with Crippen LogP contribution in [0.15, 0.2) is 30.6 Å². The Morgan fingerprint density at radius 3 is 2.92 bits per heavy atom. The zero-order valence-corrected chi connectivity index (χ0v) is 15.5. The summed E-state index contributed by atoms with van der Waals surface area (Å²) in [7, 11) is 1.88. The zero-order chi connectivity index (χ0) is 18.1. The van der Waals surface area contributed by atoms with E-state index in [9.17, 15) is 4.79 Å². The van der Waals surface area contributed by atoms with Gasteiger partial charge in [0.05, 0.1) is 24.5 Å². The molecule has 1 unspecified atom stereocenters. The molecule has 1 aromatic heterocycles. The number of anilines is 1. The number of amides is 1. The molecule has 2 aromatic rings. The van der Waals surface area contributed by atoms with Crippen molar-refractivity contribution < 1.29 is 9.53 Å². The van der Waals surface area contributed by atoms with E-state index in [-0.39, 0.29) is 11.9 Å². The fraction of sp³-hybridized carbons (Fsp3) is 0.500. The van der Waals surface area contributed by atoms with Gasteiger partial charge in [0.25, 0.3) is 0 Å². The second-order valence-electron chi connectivity index (χ2n) is 7.17. The largest absolute Gasteiger partial charge is 0.494 e. The van der Waals surface area contributed by atoms with E-state index >= 15 is 0 Å². The highest BCUT2D eigenvalue weighted by atomic mass is 16.5. The second kappa shape index (κ2) is 7.11. The van der Waals surface area contributed by atoms with E-state index < -0.39 is 0 Å². The van der Waals surface area contributed by atoms with Crippen molar-refractivity contribution in [3.63, 3.8) is 0 Å². The minimum atomic E-state index is -0.0284. The molecule has 0 aliphatic carbocycles. The fourth-order valence-corrected chi connectivity index (χ4v) is 3.93. The first kappa shape index (κ1) is 17.1. The zero-order valence-electron chi connectivity index (χ0n) is 15.5. The van der Waals surface area contributed by atoms with Gasteiger partial charge in [-0.15, -0.1) is 0 Å². The van der Waals surface area contributed by atoms with Crippen LogP contribution in [-0.4, -0.2) is 46.3 Å². The predicted molar refractivity (Wildman–Crippen MR) is 100 cm³/mol. The van der Waals surface area contributed by atoms with E-state index in [1.807, 2.05) is 18.1 Å². The maximum atomic E-state index is 12.9. The van der Waals surface area contributed by atoms with Gasteiger partial charge in [-0.2, -0.15) is 5.10 Å². The third-order valence-corrected chi connectivity index (χ3v) is 5.31. The molecule has 6 nitrogen and oxygen atoms in total. The molecule has 1 fully saturated rings. The van der Waals surface area contributed by atoms with Crippen molar-refractivity contribution in [1.82, 2.24) is 14.7 Å². The minimum Gasteiger partial charge on any atom is -0.494 e. The summed E-state index contributed by atoms with van der Waals surface area (Å²) in [6, 6.07) is 6.35. The van der Waals surface area contributed by atoms with Gasteiger partial charge in [0.1, 0.15) is 5.75 Å². The number of aryl methyl sites for hydroxylation is 1. The summed E-state index contributed by atoms with van der Waals surface area (Å²) in [6.45, 7) is 5.39. The summed E-state index contributed by atoms with van der Waals surface area (Å²) in [5, 5.41) is 4.19. The highest BCUT2D eigenvalue weighted by Crippen LogP contribution is 2.29. The van der Waals surface area contributed by atoms with Crippen molar-refractivity contribution in [3.8, 4) is 5.75 Å². The molecule has 0 spiro atoms. The van der Waals surface area contributed by atoms with Crippen molar-refractivity contribution in [2.45, 2.75) is 38.8 Å². The summed E-state index contributed by atoms with van der Waals surface area (Å²) in [4.78, 5) is 17.1. The smallest absolute Gasteiger partial charge is 0.244 e. The molecule has 4 rings (SSSR count). The van der Waals surface area contributed by atoms with E-state index in [4.69, 9.17) is 4.74 Å². The van der Waals surface area contributed by atoms with Gasteiger partial charge < -0.3 is 9.64 Å². The molecule has 1 atom stereocenters. The lowest BCUT2D eigenvalue weighted by atomic mass is 9.98. The normalized spacial score (nSPS) is 20.5. The quantitative estimate of drug-likeness (QED) is 0.827. The average Bonchev–Trinajstić information content (AvgIpc) is 3.25. The number of hydrogen-bond acceptors (Lipinski definition) is 4. The molecule has 1 saturated heterocycles. The van der Waals surface area contributed by atoms with Crippen LogP contribution < -0.4 is 9.64 Å². The Hall–Kier alpha value is -2.34. The minimum absolute atomic E-state index is 0.0284. The van der Waals surface area contributed by atoms with Crippen molar-refractivity contribution in [3.05, 3.63) is 41.7 Å². The van der Waals surface area contributed by atoms with Crippen LogP contribution in [-0.2, 0) is 24.8 Å². The number of carbonyl (C=O) groups excluding carboxylic acids is 1. The Morgan fingerprint density at radius 1 is 1.27 bits per heavy atom. The van der Waals surface area contributed by atoms with Crippen LogP contribution in [0.2, 0.25) is 0 Å². The van der Waals surface area contributed by atoms with Gasteiger partial charge in [0.15, 0.2) is 0 Å². The maximum absolute atomic E-state index is 12.9. The Kier molecular flexibility index (Phi) is 4.68. The molecule has 1 amide bonds. The van der Waals surface area contributed by atoms with Crippen LogP contribution in [0.4, 0.5) is 5.69 Å². The number of aromatic nitrogens is 2. The highest BCUT2D eigenvalue weighted by Gasteiger charge is 2.38. The van der Waals surface area contributed by atoms with Gasteiger partial charge in [-0.05, 0) is 42.5 Å².